The number of nitrogens with zero attached hydrogens (tertiary/aromatic N) is 2. The summed E-state index contributed by atoms with van der Waals surface area (Å²) in [6.45, 7) is 0. The molecule has 0 N–H and O–H groups in total. The largest absolute Gasteiger partial charge is 0.457 e. The van der Waals surface area contributed by atoms with Gasteiger partial charge in [-0.25, -0.2) is 4.39 Å². The van der Waals surface area contributed by atoms with Gasteiger partial charge in [-0.15, -0.1) is 0 Å². The van der Waals surface area contributed by atoms with E-state index in [4.69, 9.17) is 10.00 Å². The van der Waals surface area contributed by atoms with Crippen LogP contribution in [0.3, 0.4) is 0 Å². The van der Waals surface area contributed by atoms with Crippen LogP contribution >= 0.6 is 15.9 Å². The SMILES string of the molecule is N#Cc1ccc(Oc2ccc([N+](=O)[O-])c(CBr)c2)cc1F. The van der Waals surface area contributed by atoms with Crippen molar-refractivity contribution in [2.45, 2.75) is 5.33 Å². The molecule has 2 aromatic rings. The summed E-state index contributed by atoms with van der Waals surface area (Å²) in [7, 11) is 0. The monoisotopic (exact) mass is 350 g/mol. The van der Waals surface area contributed by atoms with E-state index in [0.29, 0.717) is 16.6 Å². The van der Waals surface area contributed by atoms with Crippen molar-refractivity contribution in [2.75, 3.05) is 0 Å². The molecule has 2 rings (SSSR count). The van der Waals surface area contributed by atoms with Crippen LogP contribution in [-0.4, -0.2) is 4.92 Å². The highest BCUT2D eigenvalue weighted by Crippen LogP contribution is 2.29. The van der Waals surface area contributed by atoms with Gasteiger partial charge in [-0.2, -0.15) is 5.26 Å². The zero-order valence-corrected chi connectivity index (χ0v) is 12.1. The molecule has 5 nitrogen and oxygen atoms in total. The number of nitro benzene ring substituents is 1. The van der Waals surface area contributed by atoms with Crippen LogP contribution in [0.5, 0.6) is 11.5 Å². The molecule has 0 unspecified atom stereocenters. The molecule has 0 aromatic heterocycles. The number of rotatable bonds is 4. The van der Waals surface area contributed by atoms with Crippen molar-refractivity contribution in [3.05, 3.63) is 63.5 Å². The van der Waals surface area contributed by atoms with Crippen LogP contribution in [0.4, 0.5) is 10.1 Å². The molecule has 0 saturated carbocycles. The highest BCUT2D eigenvalue weighted by Gasteiger charge is 2.14. The number of hydrogen-bond acceptors (Lipinski definition) is 4. The quantitative estimate of drug-likeness (QED) is 0.468. The molecule has 0 spiro atoms. The smallest absolute Gasteiger partial charge is 0.273 e. The van der Waals surface area contributed by atoms with Gasteiger partial charge < -0.3 is 4.74 Å². The van der Waals surface area contributed by atoms with Crippen molar-refractivity contribution in [3.63, 3.8) is 0 Å². The zero-order chi connectivity index (χ0) is 15.4. The van der Waals surface area contributed by atoms with Gasteiger partial charge in [0.25, 0.3) is 5.69 Å². The van der Waals surface area contributed by atoms with Crippen LogP contribution in [0.1, 0.15) is 11.1 Å². The first-order valence-corrected chi connectivity index (χ1v) is 6.88. The molecule has 0 atom stereocenters. The van der Waals surface area contributed by atoms with E-state index in [9.17, 15) is 14.5 Å². The Morgan fingerprint density at radius 3 is 2.52 bits per heavy atom. The molecule has 0 aliphatic heterocycles. The topological polar surface area (TPSA) is 76.2 Å². The highest BCUT2D eigenvalue weighted by molar-refractivity contribution is 9.08. The van der Waals surface area contributed by atoms with E-state index < -0.39 is 10.7 Å². The predicted molar refractivity (Wildman–Crippen MR) is 76.9 cm³/mol. The number of ether oxygens (including phenoxy) is 1. The lowest BCUT2D eigenvalue weighted by Gasteiger charge is -2.07. The average Bonchev–Trinajstić information content (AvgIpc) is 2.47. The number of benzene rings is 2. The lowest BCUT2D eigenvalue weighted by Crippen LogP contribution is -1.94. The molecule has 0 bridgehead atoms. The van der Waals surface area contributed by atoms with Crippen LogP contribution in [0.15, 0.2) is 36.4 Å². The summed E-state index contributed by atoms with van der Waals surface area (Å²) < 4.78 is 18.9. The predicted octanol–water partition coefficient (Wildman–Crippen LogP) is 4.29. The van der Waals surface area contributed by atoms with E-state index in [0.717, 1.165) is 6.07 Å². The molecule has 21 heavy (non-hydrogen) atoms. The molecular formula is C14H8BrFN2O3. The Morgan fingerprint density at radius 1 is 1.29 bits per heavy atom. The highest BCUT2D eigenvalue weighted by atomic mass is 79.9. The van der Waals surface area contributed by atoms with Gasteiger partial charge in [-0.1, -0.05) is 15.9 Å². The number of alkyl halides is 1. The Kier molecular flexibility index (Phi) is 4.50. The third-order valence-corrected chi connectivity index (χ3v) is 3.29. The summed E-state index contributed by atoms with van der Waals surface area (Å²) in [4.78, 5) is 10.3. The van der Waals surface area contributed by atoms with Gasteiger partial charge in [0.2, 0.25) is 0 Å². The Bertz CT molecular complexity index is 743. The third-order valence-electron chi connectivity index (χ3n) is 2.69. The molecule has 0 aliphatic rings. The van der Waals surface area contributed by atoms with Crippen molar-refractivity contribution in [1.29, 1.82) is 5.26 Å². The van der Waals surface area contributed by atoms with Crippen molar-refractivity contribution in [1.82, 2.24) is 0 Å². The van der Waals surface area contributed by atoms with Gasteiger partial charge in [0.15, 0.2) is 0 Å². The molecule has 0 fully saturated rings. The van der Waals surface area contributed by atoms with E-state index in [1.165, 1.54) is 30.3 Å². The van der Waals surface area contributed by atoms with Crippen molar-refractivity contribution >= 4 is 21.6 Å². The van der Waals surface area contributed by atoms with Crippen LogP contribution < -0.4 is 4.74 Å². The molecule has 0 aliphatic carbocycles. The standard InChI is InChI=1S/C14H8BrFN2O3/c15-7-10-5-11(3-4-14(10)18(19)20)21-12-2-1-9(8-17)13(16)6-12/h1-6H,7H2. The minimum absolute atomic E-state index is 0.0229. The fourth-order valence-electron chi connectivity index (χ4n) is 1.70. The molecule has 0 radical (unpaired) electrons. The van der Waals surface area contributed by atoms with Gasteiger partial charge in [-0.3, -0.25) is 10.1 Å². The second kappa shape index (κ2) is 6.33. The van der Waals surface area contributed by atoms with Crippen LogP contribution in [0.2, 0.25) is 0 Å². The Balaban J connectivity index is 2.30. The second-order valence-corrected chi connectivity index (χ2v) is 4.60. The molecule has 106 valence electrons. The lowest BCUT2D eigenvalue weighted by molar-refractivity contribution is -0.385. The van der Waals surface area contributed by atoms with Gasteiger partial charge >= 0.3 is 0 Å². The van der Waals surface area contributed by atoms with Crippen molar-refractivity contribution in [3.8, 4) is 17.6 Å². The fourth-order valence-corrected chi connectivity index (χ4v) is 2.15. The summed E-state index contributed by atoms with van der Waals surface area (Å²) in [5.41, 5.74) is 0.351. The summed E-state index contributed by atoms with van der Waals surface area (Å²) >= 11 is 3.17. The van der Waals surface area contributed by atoms with Crippen LogP contribution in [0.25, 0.3) is 0 Å². The summed E-state index contributed by atoms with van der Waals surface area (Å²) in [5, 5.41) is 19.8. The van der Waals surface area contributed by atoms with Crippen molar-refractivity contribution < 1.29 is 14.1 Å². The maximum Gasteiger partial charge on any atom is 0.273 e. The Labute approximate surface area is 127 Å². The van der Waals surface area contributed by atoms with Crippen LogP contribution in [-0.2, 0) is 5.33 Å². The van der Waals surface area contributed by atoms with Gasteiger partial charge in [0.1, 0.15) is 23.4 Å². The van der Waals surface area contributed by atoms with E-state index in [1.54, 1.807) is 6.07 Å². The first-order chi connectivity index (χ1) is 10.0. The van der Waals surface area contributed by atoms with E-state index >= 15 is 0 Å². The fraction of sp³-hybridized carbons (Fsp3) is 0.0714. The number of hydrogen-bond donors (Lipinski definition) is 0. The molecule has 0 saturated heterocycles. The maximum absolute atomic E-state index is 13.5. The second-order valence-electron chi connectivity index (χ2n) is 4.04. The zero-order valence-electron chi connectivity index (χ0n) is 10.5. The average molecular weight is 351 g/mol. The summed E-state index contributed by atoms with van der Waals surface area (Å²) in [6, 6.07) is 9.83. The normalized spacial score (nSPS) is 9.95. The molecule has 2 aromatic carbocycles. The van der Waals surface area contributed by atoms with Crippen molar-refractivity contribution in [2.24, 2.45) is 0 Å². The summed E-state index contributed by atoms with van der Waals surface area (Å²) in [5.74, 6) is -0.127. The number of halogens is 2. The maximum atomic E-state index is 13.5. The number of nitro groups is 1. The molecule has 0 amide bonds. The Hall–Kier alpha value is -2.46. The van der Waals surface area contributed by atoms with Gasteiger partial charge in [0.05, 0.1) is 10.5 Å². The molecular weight excluding hydrogens is 343 g/mol. The summed E-state index contributed by atoms with van der Waals surface area (Å²) in [6.07, 6.45) is 0. The third kappa shape index (κ3) is 3.35. The molecule has 7 heteroatoms. The van der Waals surface area contributed by atoms with E-state index in [1.807, 2.05) is 0 Å². The molecule has 0 heterocycles. The minimum Gasteiger partial charge on any atom is -0.457 e. The van der Waals surface area contributed by atoms with E-state index in [2.05, 4.69) is 15.9 Å². The van der Waals surface area contributed by atoms with Crippen LogP contribution in [0, 0.1) is 27.3 Å². The Morgan fingerprint density at radius 2 is 1.95 bits per heavy atom. The van der Waals surface area contributed by atoms with E-state index in [-0.39, 0.29) is 17.0 Å². The lowest BCUT2D eigenvalue weighted by atomic mass is 10.2. The number of nitriles is 1. The van der Waals surface area contributed by atoms with Gasteiger partial charge in [-0.05, 0) is 24.3 Å². The first kappa shape index (κ1) is 14.9. The first-order valence-electron chi connectivity index (χ1n) is 5.76. The van der Waals surface area contributed by atoms with Gasteiger partial charge in [0, 0.05) is 23.0 Å². The minimum atomic E-state index is -0.683.